The molecule has 2 aliphatic carbocycles. The quantitative estimate of drug-likeness (QED) is 0.584. The number of aromatic nitrogens is 1. The van der Waals surface area contributed by atoms with E-state index in [9.17, 15) is 14.4 Å². The van der Waals surface area contributed by atoms with E-state index in [1.807, 2.05) is 48.5 Å². The molecular weight excluding hydrogens is 440 g/mol. The molecule has 7 atom stereocenters. The van der Waals surface area contributed by atoms with Gasteiger partial charge < -0.3 is 4.98 Å². The first kappa shape index (κ1) is 18.9. The number of anilines is 1. The summed E-state index contributed by atoms with van der Waals surface area (Å²) in [6.07, 6.45) is 0.917. The SMILES string of the molecule is O=C1[C@@H]2[C@@H]3C[C@@H]([C@H]4Sc5[nH]c(=O)sc5[C@H](c5ccccc5)[C@@H]34)[C@@H]2C(=O)N1c1ccccc1. The van der Waals surface area contributed by atoms with Crippen LogP contribution in [0.4, 0.5) is 5.69 Å². The average Bonchev–Trinajstić information content (AvgIpc) is 3.53. The highest BCUT2D eigenvalue weighted by molar-refractivity contribution is 8.00. The zero-order valence-electron chi connectivity index (χ0n) is 17.0. The number of thioether (sulfide) groups is 1. The second-order valence-electron chi connectivity index (χ2n) is 9.22. The molecule has 2 bridgehead atoms. The third-order valence-electron chi connectivity index (χ3n) is 7.90. The van der Waals surface area contributed by atoms with Crippen LogP contribution in [0.1, 0.15) is 22.8 Å². The van der Waals surface area contributed by atoms with Crippen LogP contribution in [0.2, 0.25) is 0 Å². The molecule has 5 nitrogen and oxygen atoms in total. The van der Waals surface area contributed by atoms with Crippen LogP contribution in [-0.2, 0) is 9.59 Å². The van der Waals surface area contributed by atoms with Crippen molar-refractivity contribution < 1.29 is 9.59 Å². The Morgan fingerprint density at radius 3 is 2.22 bits per heavy atom. The molecule has 1 N–H and O–H groups in total. The lowest BCUT2D eigenvalue weighted by molar-refractivity contribution is -0.123. The predicted octanol–water partition coefficient (Wildman–Crippen LogP) is 4.11. The molecule has 160 valence electrons. The van der Waals surface area contributed by atoms with Gasteiger partial charge in [0.25, 0.3) is 0 Å². The van der Waals surface area contributed by atoms with E-state index < -0.39 is 0 Å². The number of benzene rings is 2. The summed E-state index contributed by atoms with van der Waals surface area (Å²) in [6, 6.07) is 19.7. The molecule has 2 aromatic carbocycles. The fourth-order valence-electron chi connectivity index (χ4n) is 6.88. The van der Waals surface area contributed by atoms with Gasteiger partial charge in [0.2, 0.25) is 11.8 Å². The minimum atomic E-state index is -0.252. The first-order chi connectivity index (χ1) is 15.6. The van der Waals surface area contributed by atoms with Crippen LogP contribution in [0.15, 0.2) is 70.5 Å². The summed E-state index contributed by atoms with van der Waals surface area (Å²) in [5.41, 5.74) is 1.87. The molecule has 0 spiro atoms. The number of amides is 2. The second kappa shape index (κ2) is 6.68. The fourth-order valence-corrected chi connectivity index (χ4v) is 9.77. The highest BCUT2D eigenvalue weighted by Crippen LogP contribution is 2.68. The van der Waals surface area contributed by atoms with Gasteiger partial charge in [-0.05, 0) is 41.9 Å². The standard InChI is InChI=1S/C25H20N2O3S2/c28-23-18-14-11-15(19(18)24(29)27(23)13-9-5-2-6-10-13)20-17(14)16(12-7-3-1-4-8-12)21-22(31-20)26-25(30)32-21/h1-10,14-20H,11H2,(H,26,30)/t14-,15-,16-,17-,18-,19+,20-/m1/s1. The minimum Gasteiger partial charge on any atom is -0.307 e. The molecule has 0 unspecified atom stereocenters. The maximum absolute atomic E-state index is 13.6. The van der Waals surface area contributed by atoms with Crippen LogP contribution < -0.4 is 9.77 Å². The van der Waals surface area contributed by atoms with Gasteiger partial charge in [-0.2, -0.15) is 0 Å². The number of nitrogens with one attached hydrogen (secondary N) is 1. The topological polar surface area (TPSA) is 70.2 Å². The zero-order valence-corrected chi connectivity index (χ0v) is 18.6. The molecule has 3 aromatic rings. The van der Waals surface area contributed by atoms with Crippen molar-refractivity contribution in [3.63, 3.8) is 0 Å². The monoisotopic (exact) mass is 460 g/mol. The average molecular weight is 461 g/mol. The molecule has 32 heavy (non-hydrogen) atoms. The predicted molar refractivity (Wildman–Crippen MR) is 124 cm³/mol. The van der Waals surface area contributed by atoms with E-state index in [4.69, 9.17) is 0 Å². The highest BCUT2D eigenvalue weighted by atomic mass is 32.2. The van der Waals surface area contributed by atoms with Crippen molar-refractivity contribution in [1.82, 2.24) is 4.98 Å². The summed E-state index contributed by atoms with van der Waals surface area (Å²) in [5, 5.41) is 1.19. The number of rotatable bonds is 2. The number of hydrogen-bond donors (Lipinski definition) is 1. The summed E-state index contributed by atoms with van der Waals surface area (Å²) in [5.74, 6) is 0.0747. The fraction of sp³-hybridized carbons (Fsp3) is 0.320. The van der Waals surface area contributed by atoms with Crippen LogP contribution >= 0.6 is 23.1 Å². The molecule has 1 saturated heterocycles. The molecule has 2 amide bonds. The van der Waals surface area contributed by atoms with Crippen LogP contribution in [0, 0.1) is 29.6 Å². The van der Waals surface area contributed by atoms with Crippen molar-refractivity contribution in [2.24, 2.45) is 29.6 Å². The number of fused-ring (bicyclic) bond motifs is 9. The molecule has 0 radical (unpaired) electrons. The largest absolute Gasteiger partial charge is 0.307 e. The number of para-hydroxylation sites is 1. The summed E-state index contributed by atoms with van der Waals surface area (Å²) < 4.78 is 0. The Bertz CT molecular complexity index is 1300. The first-order valence-electron chi connectivity index (χ1n) is 11.0. The lowest BCUT2D eigenvalue weighted by Crippen LogP contribution is -2.42. The van der Waals surface area contributed by atoms with Gasteiger partial charge >= 0.3 is 4.87 Å². The van der Waals surface area contributed by atoms with Gasteiger partial charge in [0.1, 0.15) is 0 Å². The van der Waals surface area contributed by atoms with Gasteiger partial charge in [-0.15, -0.1) is 11.8 Å². The Hall–Kier alpha value is -2.64. The summed E-state index contributed by atoms with van der Waals surface area (Å²) in [7, 11) is 0. The first-order valence-corrected chi connectivity index (χ1v) is 12.7. The number of thiazole rings is 1. The maximum atomic E-state index is 13.6. The van der Waals surface area contributed by atoms with Crippen LogP contribution in [0.25, 0.3) is 0 Å². The van der Waals surface area contributed by atoms with E-state index in [-0.39, 0.29) is 57.4 Å². The number of carbonyl (C=O) groups excluding carboxylic acids is 2. The van der Waals surface area contributed by atoms with Gasteiger partial charge in [0.05, 0.1) is 22.5 Å². The van der Waals surface area contributed by atoms with Crippen molar-refractivity contribution in [1.29, 1.82) is 0 Å². The van der Waals surface area contributed by atoms with Gasteiger partial charge in [-0.25, -0.2) is 0 Å². The number of H-pyrrole nitrogens is 1. The van der Waals surface area contributed by atoms with Crippen molar-refractivity contribution in [2.45, 2.75) is 22.6 Å². The number of imide groups is 1. The van der Waals surface area contributed by atoms with Gasteiger partial charge in [-0.3, -0.25) is 19.3 Å². The van der Waals surface area contributed by atoms with Gasteiger partial charge in [-0.1, -0.05) is 59.9 Å². The van der Waals surface area contributed by atoms with Crippen molar-refractivity contribution in [3.8, 4) is 0 Å². The molecule has 7 heteroatoms. The maximum Gasteiger partial charge on any atom is 0.305 e. The summed E-state index contributed by atoms with van der Waals surface area (Å²) in [6.45, 7) is 0. The Kier molecular flexibility index (Phi) is 3.94. The van der Waals surface area contributed by atoms with Crippen LogP contribution in [-0.4, -0.2) is 22.0 Å². The van der Waals surface area contributed by atoms with E-state index in [2.05, 4.69) is 17.1 Å². The van der Waals surface area contributed by atoms with Gasteiger partial charge in [0, 0.05) is 16.0 Å². The molecule has 4 aliphatic rings. The van der Waals surface area contributed by atoms with Crippen LogP contribution in [0.3, 0.4) is 0 Å². The van der Waals surface area contributed by atoms with Crippen molar-refractivity contribution >= 4 is 40.6 Å². The Labute approximate surface area is 192 Å². The summed E-state index contributed by atoms with van der Waals surface area (Å²) in [4.78, 5) is 44.9. The molecular formula is C25H20N2O3S2. The van der Waals surface area contributed by atoms with Crippen molar-refractivity contribution in [3.05, 3.63) is 80.8 Å². The Balaban J connectivity index is 1.34. The Morgan fingerprint density at radius 2 is 1.50 bits per heavy atom. The lowest BCUT2D eigenvalue weighted by Gasteiger charge is -2.43. The molecule has 2 saturated carbocycles. The van der Waals surface area contributed by atoms with E-state index >= 15 is 0 Å². The van der Waals surface area contributed by atoms with E-state index in [1.54, 1.807) is 11.8 Å². The molecule has 2 aliphatic heterocycles. The smallest absolute Gasteiger partial charge is 0.305 e. The lowest BCUT2D eigenvalue weighted by atomic mass is 9.68. The van der Waals surface area contributed by atoms with E-state index in [0.717, 1.165) is 16.3 Å². The third kappa shape index (κ3) is 2.38. The van der Waals surface area contributed by atoms with Crippen LogP contribution in [0.5, 0.6) is 0 Å². The normalized spacial score (nSPS) is 34.5. The number of carbonyl (C=O) groups is 2. The number of nitrogens with zero attached hydrogens (tertiary/aromatic N) is 1. The van der Waals surface area contributed by atoms with Gasteiger partial charge in [0.15, 0.2) is 0 Å². The minimum absolute atomic E-state index is 0.0293. The number of hydrogen-bond acceptors (Lipinski definition) is 5. The Morgan fingerprint density at radius 1 is 0.844 bits per heavy atom. The molecule has 3 heterocycles. The van der Waals surface area contributed by atoms with Crippen molar-refractivity contribution in [2.75, 3.05) is 4.90 Å². The van der Waals surface area contributed by atoms with E-state index in [0.29, 0.717) is 5.69 Å². The third-order valence-corrected chi connectivity index (χ3v) is 10.5. The molecule has 1 aromatic heterocycles. The second-order valence-corrected chi connectivity index (χ2v) is 11.4. The zero-order chi connectivity index (χ0) is 21.6. The highest BCUT2D eigenvalue weighted by Gasteiger charge is 2.69. The molecule has 3 fully saturated rings. The summed E-state index contributed by atoms with van der Waals surface area (Å²) >= 11 is 3.03. The number of aromatic amines is 1. The molecule has 7 rings (SSSR count). The van der Waals surface area contributed by atoms with E-state index in [1.165, 1.54) is 21.8 Å².